The molecule has 0 bridgehead atoms. The summed E-state index contributed by atoms with van der Waals surface area (Å²) in [6.45, 7) is 9.65. The molecular formula is C18H30N4O2. The first-order chi connectivity index (χ1) is 11.6. The molecule has 6 nitrogen and oxygen atoms in total. The molecule has 0 unspecified atom stereocenters. The number of aromatic nitrogens is 2. The molecule has 134 valence electrons. The van der Waals surface area contributed by atoms with E-state index in [1.165, 1.54) is 0 Å². The van der Waals surface area contributed by atoms with Gasteiger partial charge < -0.3 is 14.2 Å². The molecule has 1 atom stereocenters. The van der Waals surface area contributed by atoms with Crippen LogP contribution in [-0.2, 0) is 16.1 Å². The van der Waals surface area contributed by atoms with Gasteiger partial charge >= 0.3 is 0 Å². The van der Waals surface area contributed by atoms with Crippen LogP contribution >= 0.6 is 0 Å². The Morgan fingerprint density at radius 2 is 2.17 bits per heavy atom. The van der Waals surface area contributed by atoms with E-state index in [1.54, 1.807) is 0 Å². The van der Waals surface area contributed by atoms with Gasteiger partial charge in [0.1, 0.15) is 5.82 Å². The third-order valence-corrected chi connectivity index (χ3v) is 5.04. The number of nitrogens with zero attached hydrogens (tertiary/aromatic N) is 4. The molecule has 0 N–H and O–H groups in total. The minimum Gasteiger partial charge on any atom is -0.378 e. The molecule has 1 aromatic heterocycles. The van der Waals surface area contributed by atoms with E-state index >= 15 is 0 Å². The number of hydrogen-bond donors (Lipinski definition) is 0. The van der Waals surface area contributed by atoms with Crippen LogP contribution in [0.25, 0.3) is 0 Å². The summed E-state index contributed by atoms with van der Waals surface area (Å²) in [4.78, 5) is 21.4. The normalized spacial score (nSPS) is 23.0. The van der Waals surface area contributed by atoms with Gasteiger partial charge in [0.2, 0.25) is 5.91 Å². The molecule has 6 heteroatoms. The van der Waals surface area contributed by atoms with Crippen LogP contribution in [0.1, 0.15) is 51.4 Å². The van der Waals surface area contributed by atoms with Gasteiger partial charge in [-0.05, 0) is 33.1 Å². The van der Waals surface area contributed by atoms with Crippen molar-refractivity contribution in [1.29, 1.82) is 0 Å². The molecule has 3 heterocycles. The molecule has 0 radical (unpaired) electrons. The summed E-state index contributed by atoms with van der Waals surface area (Å²) >= 11 is 0. The molecule has 24 heavy (non-hydrogen) atoms. The quantitative estimate of drug-likeness (QED) is 0.827. The number of imidazole rings is 1. The first kappa shape index (κ1) is 17.4. The van der Waals surface area contributed by atoms with Crippen molar-refractivity contribution in [2.24, 2.45) is 0 Å². The molecule has 3 rings (SSSR count). The number of carbonyl (C=O) groups is 1. The minimum atomic E-state index is 0.148. The Morgan fingerprint density at radius 3 is 2.92 bits per heavy atom. The zero-order valence-corrected chi connectivity index (χ0v) is 15.0. The average Bonchev–Trinajstić information content (AvgIpc) is 3.16. The van der Waals surface area contributed by atoms with Gasteiger partial charge in [-0.1, -0.05) is 0 Å². The number of carbonyl (C=O) groups excluding carboxylic acids is 1. The van der Waals surface area contributed by atoms with E-state index in [1.807, 2.05) is 11.1 Å². The fourth-order valence-electron chi connectivity index (χ4n) is 3.64. The topological polar surface area (TPSA) is 50.6 Å². The van der Waals surface area contributed by atoms with Crippen molar-refractivity contribution >= 4 is 5.91 Å². The monoisotopic (exact) mass is 334 g/mol. The summed E-state index contributed by atoms with van der Waals surface area (Å²) < 4.78 is 7.83. The number of rotatable bonds is 5. The van der Waals surface area contributed by atoms with Crippen molar-refractivity contribution in [2.75, 3.05) is 32.8 Å². The minimum absolute atomic E-state index is 0.148. The second-order valence-corrected chi connectivity index (χ2v) is 7.19. The first-order valence-electron chi connectivity index (χ1n) is 9.27. The number of amides is 1. The molecule has 2 aliphatic heterocycles. The van der Waals surface area contributed by atoms with Crippen molar-refractivity contribution in [3.63, 3.8) is 0 Å². The second kappa shape index (κ2) is 8.12. The van der Waals surface area contributed by atoms with E-state index in [2.05, 4.69) is 34.5 Å². The van der Waals surface area contributed by atoms with Gasteiger partial charge in [-0.15, -0.1) is 0 Å². The number of hydrogen-bond acceptors (Lipinski definition) is 4. The number of ether oxygens (including phenoxy) is 1. The Balaban J connectivity index is 1.51. The average molecular weight is 334 g/mol. The largest absolute Gasteiger partial charge is 0.378 e. The van der Waals surface area contributed by atoms with Gasteiger partial charge in [0.25, 0.3) is 0 Å². The van der Waals surface area contributed by atoms with E-state index in [9.17, 15) is 4.79 Å². The Kier molecular flexibility index (Phi) is 5.89. The highest BCUT2D eigenvalue weighted by Gasteiger charge is 2.25. The van der Waals surface area contributed by atoms with Crippen LogP contribution in [0.3, 0.4) is 0 Å². The Morgan fingerprint density at radius 1 is 1.29 bits per heavy atom. The highest BCUT2D eigenvalue weighted by atomic mass is 16.5. The third-order valence-electron chi connectivity index (χ3n) is 5.04. The van der Waals surface area contributed by atoms with Crippen molar-refractivity contribution in [3.8, 4) is 0 Å². The van der Waals surface area contributed by atoms with Gasteiger partial charge in [0.15, 0.2) is 0 Å². The lowest BCUT2D eigenvalue weighted by Crippen LogP contribution is -2.36. The fourth-order valence-corrected chi connectivity index (χ4v) is 3.64. The van der Waals surface area contributed by atoms with E-state index in [-0.39, 0.29) is 12.0 Å². The molecular weight excluding hydrogens is 304 g/mol. The van der Waals surface area contributed by atoms with E-state index < -0.39 is 0 Å². The maximum absolute atomic E-state index is 12.5. The van der Waals surface area contributed by atoms with E-state index in [4.69, 9.17) is 4.74 Å². The standard InChI is InChI=1S/C18H30N4O2/c1-15(2)22-9-6-19-17(22)14-20-7-4-8-21(11-10-20)18(23)13-16-5-3-12-24-16/h6,9,15-16H,3-5,7-8,10-14H2,1-2H3/t16-/m0/s1. The summed E-state index contributed by atoms with van der Waals surface area (Å²) in [5.41, 5.74) is 0. The summed E-state index contributed by atoms with van der Waals surface area (Å²) in [6, 6.07) is 0.430. The zero-order chi connectivity index (χ0) is 16.9. The Hall–Kier alpha value is -1.40. The van der Waals surface area contributed by atoms with Gasteiger partial charge in [0, 0.05) is 51.2 Å². The van der Waals surface area contributed by atoms with Crippen molar-refractivity contribution in [1.82, 2.24) is 19.4 Å². The van der Waals surface area contributed by atoms with E-state index in [0.29, 0.717) is 12.5 Å². The van der Waals surface area contributed by atoms with E-state index in [0.717, 1.165) is 64.4 Å². The summed E-state index contributed by atoms with van der Waals surface area (Å²) in [7, 11) is 0. The third kappa shape index (κ3) is 4.36. The lowest BCUT2D eigenvalue weighted by atomic mass is 10.1. The molecule has 2 saturated heterocycles. The van der Waals surface area contributed by atoms with Crippen LogP contribution < -0.4 is 0 Å². The van der Waals surface area contributed by atoms with Crippen molar-refractivity contribution < 1.29 is 9.53 Å². The van der Waals surface area contributed by atoms with Crippen LogP contribution in [0.4, 0.5) is 0 Å². The molecule has 0 aromatic carbocycles. The van der Waals surface area contributed by atoms with Crippen LogP contribution in [-0.4, -0.2) is 64.1 Å². The van der Waals surface area contributed by atoms with Gasteiger partial charge in [-0.2, -0.15) is 0 Å². The lowest BCUT2D eigenvalue weighted by molar-refractivity contribution is -0.133. The van der Waals surface area contributed by atoms with Crippen molar-refractivity contribution in [3.05, 3.63) is 18.2 Å². The van der Waals surface area contributed by atoms with Crippen LogP contribution in [0.15, 0.2) is 12.4 Å². The fraction of sp³-hybridized carbons (Fsp3) is 0.778. The maximum Gasteiger partial charge on any atom is 0.225 e. The van der Waals surface area contributed by atoms with Crippen LogP contribution in [0.5, 0.6) is 0 Å². The highest BCUT2D eigenvalue weighted by Crippen LogP contribution is 2.18. The molecule has 0 aliphatic carbocycles. The highest BCUT2D eigenvalue weighted by molar-refractivity contribution is 5.76. The first-order valence-corrected chi connectivity index (χ1v) is 9.27. The van der Waals surface area contributed by atoms with Crippen molar-refractivity contribution in [2.45, 2.75) is 58.2 Å². The predicted molar refractivity (Wildman–Crippen MR) is 92.7 cm³/mol. The second-order valence-electron chi connectivity index (χ2n) is 7.19. The van der Waals surface area contributed by atoms with Gasteiger partial charge in [0.05, 0.1) is 19.1 Å². The summed E-state index contributed by atoms with van der Waals surface area (Å²) in [6.07, 6.45) is 7.78. The Bertz CT molecular complexity index is 537. The van der Waals surface area contributed by atoms with Crippen LogP contribution in [0.2, 0.25) is 0 Å². The molecule has 0 saturated carbocycles. The molecule has 2 aliphatic rings. The zero-order valence-electron chi connectivity index (χ0n) is 15.0. The molecule has 1 aromatic rings. The lowest BCUT2D eigenvalue weighted by Gasteiger charge is -2.23. The Labute approximate surface area is 144 Å². The van der Waals surface area contributed by atoms with Gasteiger partial charge in [-0.25, -0.2) is 4.98 Å². The molecule has 0 spiro atoms. The predicted octanol–water partition coefficient (Wildman–Crippen LogP) is 2.07. The molecule has 1 amide bonds. The smallest absolute Gasteiger partial charge is 0.225 e. The van der Waals surface area contributed by atoms with Gasteiger partial charge in [-0.3, -0.25) is 9.69 Å². The summed E-state index contributed by atoms with van der Waals surface area (Å²) in [5, 5.41) is 0. The molecule has 2 fully saturated rings. The van der Waals surface area contributed by atoms with Crippen LogP contribution in [0, 0.1) is 0 Å². The maximum atomic E-state index is 12.5. The summed E-state index contributed by atoms with van der Waals surface area (Å²) in [5.74, 6) is 1.37. The SMILES string of the molecule is CC(C)n1ccnc1CN1CCCN(C(=O)C[C@@H]2CCCO2)CC1.